The molecule has 6 nitrogen and oxygen atoms in total. The first-order valence-electron chi connectivity index (χ1n) is 9.46. The lowest BCUT2D eigenvalue weighted by atomic mass is 9.73. The molecule has 0 unspecified atom stereocenters. The second-order valence-corrected chi connectivity index (χ2v) is 7.10. The standard InChI is InChI=1S/C22H23N3O3/c1-25(16-19-23-20(24-28-19)17-8-4-2-5-9-17)21(26)22(12-14-27-15-13-22)18-10-6-3-7-11-18/h2-11H,12-16H2,1H3. The van der Waals surface area contributed by atoms with Gasteiger partial charge in [-0.3, -0.25) is 4.79 Å². The van der Waals surface area contributed by atoms with Crippen LogP contribution in [0.3, 0.4) is 0 Å². The number of likely N-dealkylation sites (N-methyl/N-ethyl adjacent to an activating group) is 1. The lowest BCUT2D eigenvalue weighted by Crippen LogP contribution is -2.48. The minimum absolute atomic E-state index is 0.0569. The molecule has 0 N–H and O–H groups in total. The second kappa shape index (κ2) is 7.94. The number of benzene rings is 2. The van der Waals surface area contributed by atoms with E-state index in [-0.39, 0.29) is 12.5 Å². The maximum Gasteiger partial charge on any atom is 0.246 e. The van der Waals surface area contributed by atoms with E-state index in [1.165, 1.54) is 0 Å². The summed E-state index contributed by atoms with van der Waals surface area (Å²) >= 11 is 0. The van der Waals surface area contributed by atoms with Crippen molar-refractivity contribution in [2.45, 2.75) is 24.8 Å². The molecule has 2 aromatic carbocycles. The normalized spacial score (nSPS) is 15.9. The molecule has 6 heteroatoms. The van der Waals surface area contributed by atoms with Gasteiger partial charge in [0.2, 0.25) is 17.6 Å². The zero-order valence-electron chi connectivity index (χ0n) is 15.9. The van der Waals surface area contributed by atoms with Crippen molar-refractivity contribution >= 4 is 5.91 Å². The molecule has 4 rings (SSSR count). The topological polar surface area (TPSA) is 68.5 Å². The van der Waals surface area contributed by atoms with Crippen LogP contribution in [0.25, 0.3) is 11.4 Å². The summed E-state index contributed by atoms with van der Waals surface area (Å²) in [6.07, 6.45) is 1.33. The zero-order chi connectivity index (χ0) is 19.4. The fraction of sp³-hybridized carbons (Fsp3) is 0.318. The highest BCUT2D eigenvalue weighted by atomic mass is 16.5. The van der Waals surface area contributed by atoms with Crippen LogP contribution >= 0.6 is 0 Å². The number of amides is 1. The summed E-state index contributed by atoms with van der Waals surface area (Å²) < 4.78 is 10.9. The fourth-order valence-electron chi connectivity index (χ4n) is 3.77. The van der Waals surface area contributed by atoms with E-state index in [4.69, 9.17) is 9.26 Å². The summed E-state index contributed by atoms with van der Waals surface area (Å²) in [4.78, 5) is 19.6. The summed E-state index contributed by atoms with van der Waals surface area (Å²) in [6.45, 7) is 1.43. The summed E-state index contributed by atoms with van der Waals surface area (Å²) in [6, 6.07) is 19.6. The van der Waals surface area contributed by atoms with E-state index < -0.39 is 5.41 Å². The molecule has 0 atom stereocenters. The van der Waals surface area contributed by atoms with Gasteiger partial charge < -0.3 is 14.2 Å². The number of nitrogens with zero attached hydrogens (tertiary/aromatic N) is 3. The van der Waals surface area contributed by atoms with Crippen molar-refractivity contribution in [3.8, 4) is 11.4 Å². The van der Waals surface area contributed by atoms with E-state index in [1.807, 2.05) is 60.7 Å². The lowest BCUT2D eigenvalue weighted by molar-refractivity contribution is -0.140. The smallest absolute Gasteiger partial charge is 0.246 e. The van der Waals surface area contributed by atoms with E-state index >= 15 is 0 Å². The molecule has 28 heavy (non-hydrogen) atoms. The highest BCUT2D eigenvalue weighted by molar-refractivity contribution is 5.88. The van der Waals surface area contributed by atoms with Crippen molar-refractivity contribution in [1.29, 1.82) is 0 Å². The van der Waals surface area contributed by atoms with Crippen LogP contribution in [0.5, 0.6) is 0 Å². The van der Waals surface area contributed by atoms with Crippen molar-refractivity contribution in [3.63, 3.8) is 0 Å². The van der Waals surface area contributed by atoms with E-state index in [0.29, 0.717) is 37.8 Å². The van der Waals surface area contributed by atoms with Crippen molar-refractivity contribution in [3.05, 3.63) is 72.1 Å². The van der Waals surface area contributed by atoms with Crippen LogP contribution < -0.4 is 0 Å². The number of ether oxygens (including phenoxy) is 1. The van der Waals surface area contributed by atoms with Crippen LogP contribution in [0.2, 0.25) is 0 Å². The molecule has 144 valence electrons. The van der Waals surface area contributed by atoms with Gasteiger partial charge >= 0.3 is 0 Å². The summed E-state index contributed by atoms with van der Waals surface area (Å²) in [5.74, 6) is 1.01. The Balaban J connectivity index is 1.54. The monoisotopic (exact) mass is 377 g/mol. The van der Waals surface area contributed by atoms with Gasteiger partial charge in [0.1, 0.15) is 0 Å². The predicted octanol–water partition coefficient (Wildman–Crippen LogP) is 3.44. The molecule has 0 spiro atoms. The van der Waals surface area contributed by atoms with E-state index in [9.17, 15) is 4.79 Å². The van der Waals surface area contributed by atoms with Gasteiger partial charge in [0.05, 0.1) is 12.0 Å². The number of carbonyl (C=O) groups is 1. The van der Waals surface area contributed by atoms with Gasteiger partial charge in [0.15, 0.2) is 0 Å². The Labute approximate surface area is 164 Å². The summed E-state index contributed by atoms with van der Waals surface area (Å²) in [5, 5.41) is 4.04. The van der Waals surface area contributed by atoms with E-state index in [0.717, 1.165) is 11.1 Å². The second-order valence-electron chi connectivity index (χ2n) is 7.10. The van der Waals surface area contributed by atoms with Gasteiger partial charge in [-0.1, -0.05) is 65.8 Å². The number of aromatic nitrogens is 2. The average Bonchev–Trinajstić information content (AvgIpc) is 3.23. The zero-order valence-corrected chi connectivity index (χ0v) is 15.9. The van der Waals surface area contributed by atoms with Gasteiger partial charge in [0, 0.05) is 25.8 Å². The Morgan fingerprint density at radius 3 is 2.36 bits per heavy atom. The Kier molecular flexibility index (Phi) is 5.21. The quantitative estimate of drug-likeness (QED) is 0.681. The first-order chi connectivity index (χ1) is 13.7. The maximum atomic E-state index is 13.5. The predicted molar refractivity (Wildman–Crippen MR) is 104 cm³/mol. The Morgan fingerprint density at radius 1 is 1.04 bits per heavy atom. The first-order valence-corrected chi connectivity index (χ1v) is 9.46. The van der Waals surface area contributed by atoms with Crippen LogP contribution in [0.15, 0.2) is 65.2 Å². The third kappa shape index (κ3) is 3.55. The van der Waals surface area contributed by atoms with Crippen molar-refractivity contribution in [2.24, 2.45) is 0 Å². The largest absolute Gasteiger partial charge is 0.381 e. The molecule has 1 aromatic heterocycles. The summed E-state index contributed by atoms with van der Waals surface area (Å²) in [5.41, 5.74) is 1.35. The molecule has 1 aliphatic heterocycles. The van der Waals surface area contributed by atoms with Gasteiger partial charge in [-0.05, 0) is 18.4 Å². The van der Waals surface area contributed by atoms with Crippen molar-refractivity contribution < 1.29 is 14.1 Å². The van der Waals surface area contributed by atoms with Crippen LogP contribution in [0.1, 0.15) is 24.3 Å². The van der Waals surface area contributed by atoms with E-state index in [2.05, 4.69) is 10.1 Å². The van der Waals surface area contributed by atoms with Crippen molar-refractivity contribution in [2.75, 3.05) is 20.3 Å². The molecule has 0 saturated carbocycles. The molecule has 2 heterocycles. The van der Waals surface area contributed by atoms with Gasteiger partial charge in [-0.2, -0.15) is 4.98 Å². The SMILES string of the molecule is CN(Cc1nc(-c2ccccc2)no1)C(=O)C1(c2ccccc2)CCOCC1. The van der Waals surface area contributed by atoms with Crippen LogP contribution in [-0.2, 0) is 21.5 Å². The lowest BCUT2D eigenvalue weighted by Gasteiger charge is -2.38. The number of hydrogen-bond acceptors (Lipinski definition) is 5. The molecule has 1 saturated heterocycles. The van der Waals surface area contributed by atoms with E-state index in [1.54, 1.807) is 11.9 Å². The van der Waals surface area contributed by atoms with Crippen LogP contribution in [-0.4, -0.2) is 41.2 Å². The number of carbonyl (C=O) groups excluding carboxylic acids is 1. The average molecular weight is 377 g/mol. The molecule has 0 aliphatic carbocycles. The third-order valence-electron chi connectivity index (χ3n) is 5.30. The molecule has 0 radical (unpaired) electrons. The van der Waals surface area contributed by atoms with Crippen LogP contribution in [0, 0.1) is 0 Å². The highest BCUT2D eigenvalue weighted by Gasteiger charge is 2.43. The van der Waals surface area contributed by atoms with Crippen molar-refractivity contribution in [1.82, 2.24) is 15.0 Å². The number of hydrogen-bond donors (Lipinski definition) is 0. The third-order valence-corrected chi connectivity index (χ3v) is 5.30. The molecular formula is C22H23N3O3. The fourth-order valence-corrected chi connectivity index (χ4v) is 3.77. The first kappa shape index (κ1) is 18.4. The molecule has 1 aliphatic rings. The molecule has 1 fully saturated rings. The highest BCUT2D eigenvalue weighted by Crippen LogP contribution is 2.36. The molecule has 0 bridgehead atoms. The maximum absolute atomic E-state index is 13.5. The van der Waals surface area contributed by atoms with Crippen LogP contribution in [0.4, 0.5) is 0 Å². The summed E-state index contributed by atoms with van der Waals surface area (Å²) in [7, 11) is 1.79. The van der Waals surface area contributed by atoms with Gasteiger partial charge in [-0.25, -0.2) is 0 Å². The Bertz CT molecular complexity index is 918. The molecule has 3 aromatic rings. The minimum atomic E-state index is -0.573. The van der Waals surface area contributed by atoms with Gasteiger partial charge in [0.25, 0.3) is 0 Å². The minimum Gasteiger partial charge on any atom is -0.381 e. The Morgan fingerprint density at radius 2 is 1.68 bits per heavy atom. The number of rotatable bonds is 5. The molecule has 1 amide bonds. The van der Waals surface area contributed by atoms with Gasteiger partial charge in [-0.15, -0.1) is 0 Å². The Hall–Kier alpha value is -2.99. The molecular weight excluding hydrogens is 354 g/mol.